The molecular weight excluding hydrogens is 246 g/mol. The third-order valence-corrected chi connectivity index (χ3v) is 1.84. The SMILES string of the molecule is CC(Oc1cc(F)cc([N+](=O)[O-])c1)C(F)(F)F. The Balaban J connectivity index is 2.96. The first-order valence-electron chi connectivity index (χ1n) is 4.38. The van der Waals surface area contributed by atoms with Crippen molar-refractivity contribution in [2.24, 2.45) is 0 Å². The molecule has 0 radical (unpaired) electrons. The Morgan fingerprint density at radius 1 is 1.35 bits per heavy atom. The second-order valence-corrected chi connectivity index (χ2v) is 3.20. The molecule has 0 bridgehead atoms. The molecule has 4 nitrogen and oxygen atoms in total. The van der Waals surface area contributed by atoms with E-state index in [2.05, 4.69) is 4.74 Å². The number of ether oxygens (including phenoxy) is 1. The third-order valence-electron chi connectivity index (χ3n) is 1.84. The van der Waals surface area contributed by atoms with E-state index in [-0.39, 0.29) is 0 Å². The minimum Gasteiger partial charge on any atom is -0.481 e. The van der Waals surface area contributed by atoms with Gasteiger partial charge in [0.05, 0.1) is 17.1 Å². The lowest BCUT2D eigenvalue weighted by molar-refractivity contribution is -0.385. The first-order chi connectivity index (χ1) is 7.70. The number of hydrogen-bond acceptors (Lipinski definition) is 3. The molecule has 17 heavy (non-hydrogen) atoms. The predicted molar refractivity (Wildman–Crippen MR) is 49.2 cm³/mol. The molecule has 0 fully saturated rings. The van der Waals surface area contributed by atoms with E-state index in [9.17, 15) is 27.7 Å². The number of nitro groups is 1. The van der Waals surface area contributed by atoms with Crippen LogP contribution in [0.2, 0.25) is 0 Å². The van der Waals surface area contributed by atoms with Crippen LogP contribution in [0.3, 0.4) is 0 Å². The molecule has 0 heterocycles. The zero-order valence-electron chi connectivity index (χ0n) is 8.49. The summed E-state index contributed by atoms with van der Waals surface area (Å²) in [5.41, 5.74) is -0.672. The van der Waals surface area contributed by atoms with Crippen LogP contribution in [0.15, 0.2) is 18.2 Å². The second kappa shape index (κ2) is 4.56. The van der Waals surface area contributed by atoms with Crippen LogP contribution < -0.4 is 4.74 Å². The van der Waals surface area contributed by atoms with Gasteiger partial charge in [0.15, 0.2) is 6.10 Å². The quantitative estimate of drug-likeness (QED) is 0.472. The number of benzene rings is 1. The summed E-state index contributed by atoms with van der Waals surface area (Å²) in [7, 11) is 0. The Kier molecular flexibility index (Phi) is 3.54. The van der Waals surface area contributed by atoms with E-state index in [4.69, 9.17) is 0 Å². The van der Waals surface area contributed by atoms with Crippen LogP contribution in [0.4, 0.5) is 23.2 Å². The molecule has 0 aliphatic heterocycles. The van der Waals surface area contributed by atoms with Crippen molar-refractivity contribution in [3.8, 4) is 5.75 Å². The van der Waals surface area contributed by atoms with Crippen LogP contribution in [-0.4, -0.2) is 17.2 Å². The molecule has 1 aromatic carbocycles. The van der Waals surface area contributed by atoms with Crippen molar-refractivity contribution in [3.05, 3.63) is 34.1 Å². The highest BCUT2D eigenvalue weighted by atomic mass is 19.4. The maximum atomic E-state index is 12.9. The van der Waals surface area contributed by atoms with Crippen LogP contribution in [0, 0.1) is 15.9 Å². The molecule has 94 valence electrons. The minimum atomic E-state index is -4.62. The maximum Gasteiger partial charge on any atom is 0.425 e. The van der Waals surface area contributed by atoms with Gasteiger partial charge >= 0.3 is 6.18 Å². The summed E-state index contributed by atoms with van der Waals surface area (Å²) in [4.78, 5) is 9.43. The van der Waals surface area contributed by atoms with E-state index < -0.39 is 34.5 Å². The summed E-state index contributed by atoms with van der Waals surface area (Å²) in [5.74, 6) is -1.58. The monoisotopic (exact) mass is 253 g/mol. The fraction of sp³-hybridized carbons (Fsp3) is 0.333. The summed E-state index contributed by atoms with van der Waals surface area (Å²) < 4.78 is 53.7. The molecule has 1 aromatic rings. The van der Waals surface area contributed by atoms with Gasteiger partial charge in [0.25, 0.3) is 5.69 Å². The molecule has 1 atom stereocenters. The average Bonchev–Trinajstić information content (AvgIpc) is 2.14. The van der Waals surface area contributed by atoms with E-state index in [1.54, 1.807) is 0 Å². The van der Waals surface area contributed by atoms with Gasteiger partial charge in [0.1, 0.15) is 11.6 Å². The second-order valence-electron chi connectivity index (χ2n) is 3.20. The first kappa shape index (κ1) is 13.2. The summed E-state index contributed by atoms with van der Waals surface area (Å²) >= 11 is 0. The lowest BCUT2D eigenvalue weighted by atomic mass is 10.3. The Hall–Kier alpha value is -1.86. The molecule has 0 aliphatic rings. The average molecular weight is 253 g/mol. The van der Waals surface area contributed by atoms with Gasteiger partial charge in [-0.15, -0.1) is 0 Å². The molecule has 0 saturated heterocycles. The Labute approximate surface area is 93.0 Å². The van der Waals surface area contributed by atoms with Gasteiger partial charge in [-0.1, -0.05) is 0 Å². The highest BCUT2D eigenvalue weighted by molar-refractivity contribution is 5.39. The summed E-state index contributed by atoms with van der Waals surface area (Å²) in [6.07, 6.45) is -6.80. The summed E-state index contributed by atoms with van der Waals surface area (Å²) in [6.45, 7) is 0.719. The number of halogens is 4. The van der Waals surface area contributed by atoms with Gasteiger partial charge in [0.2, 0.25) is 0 Å². The van der Waals surface area contributed by atoms with Crippen molar-refractivity contribution < 1.29 is 27.2 Å². The number of hydrogen-bond donors (Lipinski definition) is 0. The topological polar surface area (TPSA) is 52.4 Å². The van der Waals surface area contributed by atoms with E-state index in [1.807, 2.05) is 0 Å². The van der Waals surface area contributed by atoms with E-state index >= 15 is 0 Å². The lowest BCUT2D eigenvalue weighted by Gasteiger charge is -2.17. The van der Waals surface area contributed by atoms with Gasteiger partial charge in [-0.25, -0.2) is 4.39 Å². The Morgan fingerprint density at radius 2 is 1.94 bits per heavy atom. The molecule has 0 spiro atoms. The van der Waals surface area contributed by atoms with Crippen LogP contribution in [-0.2, 0) is 0 Å². The Bertz CT molecular complexity index is 433. The van der Waals surface area contributed by atoms with Crippen LogP contribution in [0.1, 0.15) is 6.92 Å². The van der Waals surface area contributed by atoms with Crippen LogP contribution in [0.25, 0.3) is 0 Å². The normalized spacial score (nSPS) is 13.2. The third kappa shape index (κ3) is 3.58. The molecule has 0 aromatic heterocycles. The zero-order chi connectivity index (χ0) is 13.2. The lowest BCUT2D eigenvalue weighted by Crippen LogP contribution is -2.31. The van der Waals surface area contributed by atoms with Crippen molar-refractivity contribution in [2.75, 3.05) is 0 Å². The maximum absolute atomic E-state index is 12.9. The first-order valence-corrected chi connectivity index (χ1v) is 4.38. The van der Waals surface area contributed by atoms with E-state index in [0.29, 0.717) is 12.1 Å². The van der Waals surface area contributed by atoms with E-state index in [1.165, 1.54) is 0 Å². The fourth-order valence-electron chi connectivity index (χ4n) is 0.992. The number of nitrogens with zero attached hydrogens (tertiary/aromatic N) is 1. The van der Waals surface area contributed by atoms with Crippen LogP contribution in [0.5, 0.6) is 5.75 Å². The standard InChI is InChI=1S/C9H7F4NO3/c1-5(9(11,12)13)17-8-3-6(10)2-7(4-8)14(15)16/h2-5H,1H3. The molecule has 0 saturated carbocycles. The highest BCUT2D eigenvalue weighted by Crippen LogP contribution is 2.27. The zero-order valence-corrected chi connectivity index (χ0v) is 8.49. The minimum absolute atomic E-state index is 0.540. The molecular formula is C9H7F4NO3. The number of non-ortho nitro benzene ring substituents is 1. The summed E-state index contributed by atoms with van der Waals surface area (Å²) in [6, 6.07) is 1.96. The molecule has 0 amide bonds. The smallest absolute Gasteiger partial charge is 0.425 e. The number of alkyl halides is 3. The highest BCUT2D eigenvalue weighted by Gasteiger charge is 2.38. The largest absolute Gasteiger partial charge is 0.481 e. The van der Waals surface area contributed by atoms with Crippen molar-refractivity contribution in [1.82, 2.24) is 0 Å². The predicted octanol–water partition coefficient (Wildman–Crippen LogP) is 3.06. The van der Waals surface area contributed by atoms with E-state index in [0.717, 1.165) is 13.0 Å². The molecule has 0 N–H and O–H groups in total. The number of nitro benzene ring substituents is 1. The Morgan fingerprint density at radius 3 is 2.41 bits per heavy atom. The van der Waals surface area contributed by atoms with Crippen molar-refractivity contribution in [2.45, 2.75) is 19.2 Å². The molecule has 1 rings (SSSR count). The van der Waals surface area contributed by atoms with Gasteiger partial charge in [-0.3, -0.25) is 10.1 Å². The molecule has 8 heteroatoms. The molecule has 1 unspecified atom stereocenters. The van der Waals surface area contributed by atoms with Gasteiger partial charge < -0.3 is 4.74 Å². The fourth-order valence-corrected chi connectivity index (χ4v) is 0.992. The summed E-state index contributed by atoms with van der Waals surface area (Å²) in [5, 5.41) is 10.3. The van der Waals surface area contributed by atoms with Crippen molar-refractivity contribution >= 4 is 5.69 Å². The van der Waals surface area contributed by atoms with Crippen LogP contribution >= 0.6 is 0 Å². The van der Waals surface area contributed by atoms with Crippen molar-refractivity contribution in [3.63, 3.8) is 0 Å². The van der Waals surface area contributed by atoms with Gasteiger partial charge in [0, 0.05) is 6.07 Å². The van der Waals surface area contributed by atoms with Crippen molar-refractivity contribution in [1.29, 1.82) is 0 Å². The van der Waals surface area contributed by atoms with Gasteiger partial charge in [-0.05, 0) is 6.92 Å². The van der Waals surface area contributed by atoms with Gasteiger partial charge in [-0.2, -0.15) is 13.2 Å². The molecule has 0 aliphatic carbocycles. The number of rotatable bonds is 3.